The van der Waals surface area contributed by atoms with Gasteiger partial charge >= 0.3 is 0 Å². The first kappa shape index (κ1) is 18.7. The number of aliphatic hydroxyl groups excluding tert-OH is 1. The normalized spacial score (nSPS) is 25.2. The van der Waals surface area contributed by atoms with Crippen LogP contribution in [-0.2, 0) is 4.43 Å². The van der Waals surface area contributed by atoms with Crippen LogP contribution in [0.4, 0.5) is 0 Å². The second kappa shape index (κ2) is 7.05. The number of hydrogen-bond acceptors (Lipinski definition) is 3. The van der Waals surface area contributed by atoms with E-state index in [0.29, 0.717) is 0 Å². The van der Waals surface area contributed by atoms with Gasteiger partial charge in [-0.15, -0.1) is 11.3 Å². The highest BCUT2D eigenvalue weighted by atomic mass is 79.9. The molecule has 1 aromatic rings. The van der Waals surface area contributed by atoms with Gasteiger partial charge < -0.3 is 9.53 Å². The number of aliphatic hydroxyl groups is 1. The Hall–Kier alpha value is 0.317. The van der Waals surface area contributed by atoms with Crippen molar-refractivity contribution in [3.8, 4) is 0 Å². The van der Waals surface area contributed by atoms with Gasteiger partial charge in [0.05, 0.1) is 12.2 Å². The average molecular weight is 405 g/mol. The van der Waals surface area contributed by atoms with Crippen molar-refractivity contribution in [2.75, 3.05) is 0 Å². The summed E-state index contributed by atoms with van der Waals surface area (Å²) in [6, 6.07) is 2.02. The van der Waals surface area contributed by atoms with Crippen LogP contribution in [0.2, 0.25) is 18.1 Å². The molecule has 1 fully saturated rings. The van der Waals surface area contributed by atoms with E-state index in [2.05, 4.69) is 49.8 Å². The topological polar surface area (TPSA) is 29.5 Å². The maximum Gasteiger partial charge on any atom is 0.192 e. The molecule has 22 heavy (non-hydrogen) atoms. The Labute approximate surface area is 148 Å². The molecule has 3 atom stereocenters. The largest absolute Gasteiger partial charge is 0.414 e. The van der Waals surface area contributed by atoms with Crippen LogP contribution >= 0.6 is 27.3 Å². The predicted molar refractivity (Wildman–Crippen MR) is 101 cm³/mol. The van der Waals surface area contributed by atoms with Crippen molar-refractivity contribution in [1.82, 2.24) is 0 Å². The van der Waals surface area contributed by atoms with Gasteiger partial charge in [0.1, 0.15) is 0 Å². The molecule has 0 saturated heterocycles. The molecule has 2 nitrogen and oxygen atoms in total. The van der Waals surface area contributed by atoms with Gasteiger partial charge in [-0.3, -0.25) is 0 Å². The van der Waals surface area contributed by atoms with Crippen LogP contribution in [0.15, 0.2) is 15.9 Å². The molecule has 1 aliphatic rings. The zero-order valence-corrected chi connectivity index (χ0v) is 17.8. The minimum Gasteiger partial charge on any atom is -0.414 e. The van der Waals surface area contributed by atoms with Crippen LogP contribution in [-0.4, -0.2) is 19.5 Å². The molecule has 0 radical (unpaired) electrons. The first-order chi connectivity index (χ1) is 10.1. The van der Waals surface area contributed by atoms with E-state index in [0.717, 1.165) is 22.2 Å². The summed E-state index contributed by atoms with van der Waals surface area (Å²) in [6.07, 6.45) is 4.33. The lowest BCUT2D eigenvalue weighted by Crippen LogP contribution is -2.47. The molecule has 2 rings (SSSR count). The van der Waals surface area contributed by atoms with E-state index in [1.54, 1.807) is 11.3 Å². The summed E-state index contributed by atoms with van der Waals surface area (Å²) < 4.78 is 7.71. The Balaban J connectivity index is 2.17. The van der Waals surface area contributed by atoms with Gasteiger partial charge in [-0.05, 0) is 58.4 Å². The van der Waals surface area contributed by atoms with E-state index in [-0.39, 0.29) is 17.1 Å². The summed E-state index contributed by atoms with van der Waals surface area (Å²) >= 11 is 5.20. The van der Waals surface area contributed by atoms with E-state index in [1.165, 1.54) is 12.8 Å². The molecule has 1 N–H and O–H groups in total. The SMILES string of the molecule is CC(C)(C)[Si](C)(C)OC1CCCCC1C(O)c1sccc1Br. The lowest BCUT2D eigenvalue weighted by molar-refractivity contribution is -0.00548. The van der Waals surface area contributed by atoms with Gasteiger partial charge in [0.25, 0.3) is 0 Å². The van der Waals surface area contributed by atoms with Crippen molar-refractivity contribution < 1.29 is 9.53 Å². The standard InChI is InChI=1S/C17H29BrO2SSi/c1-17(2,3)22(4,5)20-14-9-7-6-8-12(14)15(19)16-13(18)10-11-21-16/h10-12,14-15,19H,6-9H2,1-5H3. The molecular formula is C17H29BrO2SSi. The number of thiophene rings is 1. The fourth-order valence-electron chi connectivity index (χ4n) is 2.90. The Bertz CT molecular complexity index is 495. The highest BCUT2D eigenvalue weighted by molar-refractivity contribution is 9.10. The van der Waals surface area contributed by atoms with Gasteiger partial charge in [-0.25, -0.2) is 0 Å². The van der Waals surface area contributed by atoms with E-state index >= 15 is 0 Å². The molecule has 0 spiro atoms. The molecule has 1 aliphatic carbocycles. The van der Waals surface area contributed by atoms with Crippen LogP contribution in [0.25, 0.3) is 0 Å². The quantitative estimate of drug-likeness (QED) is 0.611. The molecule has 1 heterocycles. The van der Waals surface area contributed by atoms with Crippen LogP contribution in [0.5, 0.6) is 0 Å². The highest BCUT2D eigenvalue weighted by Crippen LogP contribution is 2.44. The van der Waals surface area contributed by atoms with E-state index in [4.69, 9.17) is 4.43 Å². The van der Waals surface area contributed by atoms with Crippen LogP contribution in [0.1, 0.15) is 57.4 Å². The number of hydrogen-bond donors (Lipinski definition) is 1. The first-order valence-corrected chi connectivity index (χ1v) is 12.8. The monoisotopic (exact) mass is 404 g/mol. The zero-order valence-electron chi connectivity index (χ0n) is 14.4. The average Bonchev–Trinajstić information content (AvgIpc) is 2.83. The molecule has 0 amide bonds. The van der Waals surface area contributed by atoms with Crippen molar-refractivity contribution in [3.05, 3.63) is 20.8 Å². The minimum absolute atomic E-state index is 0.193. The fourth-order valence-corrected chi connectivity index (χ4v) is 5.97. The summed E-state index contributed by atoms with van der Waals surface area (Å²) in [5.74, 6) is 0.220. The van der Waals surface area contributed by atoms with Gasteiger partial charge in [0, 0.05) is 15.3 Å². The molecule has 3 unspecified atom stereocenters. The van der Waals surface area contributed by atoms with Crippen molar-refractivity contribution >= 4 is 35.6 Å². The minimum atomic E-state index is -1.80. The number of halogens is 1. The van der Waals surface area contributed by atoms with Gasteiger partial charge in [0.2, 0.25) is 0 Å². The predicted octanol–water partition coefficient (Wildman–Crippen LogP) is 6.12. The molecule has 0 aromatic carbocycles. The lowest BCUT2D eigenvalue weighted by atomic mass is 9.82. The maximum atomic E-state index is 10.9. The van der Waals surface area contributed by atoms with Gasteiger partial charge in [0.15, 0.2) is 8.32 Å². The van der Waals surface area contributed by atoms with Crippen molar-refractivity contribution in [2.45, 2.75) is 76.8 Å². The lowest BCUT2D eigenvalue weighted by Gasteiger charge is -2.44. The van der Waals surface area contributed by atoms with Crippen LogP contribution < -0.4 is 0 Å². The maximum absolute atomic E-state index is 10.9. The zero-order chi connectivity index (χ0) is 16.5. The Kier molecular flexibility index (Phi) is 5.98. The highest BCUT2D eigenvalue weighted by Gasteiger charge is 2.43. The molecule has 126 valence electrons. The third kappa shape index (κ3) is 4.04. The second-order valence-electron chi connectivity index (χ2n) is 7.94. The Morgan fingerprint density at radius 3 is 2.50 bits per heavy atom. The number of rotatable bonds is 4. The molecule has 0 bridgehead atoms. The van der Waals surface area contributed by atoms with Crippen molar-refractivity contribution in [2.24, 2.45) is 5.92 Å². The van der Waals surface area contributed by atoms with Crippen LogP contribution in [0.3, 0.4) is 0 Å². The second-order valence-corrected chi connectivity index (χ2v) is 14.5. The Morgan fingerprint density at radius 2 is 1.95 bits per heavy atom. The van der Waals surface area contributed by atoms with Crippen molar-refractivity contribution in [1.29, 1.82) is 0 Å². The first-order valence-electron chi connectivity index (χ1n) is 8.22. The van der Waals surface area contributed by atoms with Crippen molar-refractivity contribution in [3.63, 3.8) is 0 Å². The Morgan fingerprint density at radius 1 is 1.32 bits per heavy atom. The third-order valence-corrected chi connectivity index (χ3v) is 11.8. The fraction of sp³-hybridized carbons (Fsp3) is 0.765. The van der Waals surface area contributed by atoms with E-state index in [9.17, 15) is 5.11 Å². The molecular weight excluding hydrogens is 376 g/mol. The molecule has 0 aliphatic heterocycles. The van der Waals surface area contributed by atoms with Gasteiger partial charge in [-0.2, -0.15) is 0 Å². The van der Waals surface area contributed by atoms with Gasteiger partial charge in [-0.1, -0.05) is 33.6 Å². The van der Waals surface area contributed by atoms with Crippen LogP contribution in [0, 0.1) is 5.92 Å². The summed E-state index contributed by atoms with van der Waals surface area (Å²) in [6.45, 7) is 11.5. The summed E-state index contributed by atoms with van der Waals surface area (Å²) in [4.78, 5) is 1.05. The molecule has 1 aromatic heterocycles. The summed E-state index contributed by atoms with van der Waals surface area (Å²) in [5, 5.41) is 13.1. The molecule has 1 saturated carbocycles. The van der Waals surface area contributed by atoms with E-state index in [1.807, 2.05) is 11.4 Å². The van der Waals surface area contributed by atoms with E-state index < -0.39 is 14.4 Å². The smallest absolute Gasteiger partial charge is 0.192 e. The third-order valence-electron chi connectivity index (χ3n) is 5.32. The summed E-state index contributed by atoms with van der Waals surface area (Å²) in [5.41, 5.74) is 0. The molecule has 5 heteroatoms. The summed E-state index contributed by atoms with van der Waals surface area (Å²) in [7, 11) is -1.80.